The highest BCUT2D eigenvalue weighted by Crippen LogP contribution is 2.64. The number of nitrogens with zero attached hydrogens (tertiary/aromatic N) is 2. The fourth-order valence-electron chi connectivity index (χ4n) is 13.3. The van der Waals surface area contributed by atoms with E-state index in [-0.39, 0.29) is 0 Å². The van der Waals surface area contributed by atoms with Gasteiger partial charge in [0.25, 0.3) is 0 Å². The number of fused-ring (bicyclic) bond motifs is 19. The van der Waals surface area contributed by atoms with E-state index in [1.54, 1.807) is 0 Å². The number of para-hydroxylation sites is 2. The Balaban J connectivity index is 0.971. The third-order valence-electron chi connectivity index (χ3n) is 16.4. The van der Waals surface area contributed by atoms with Crippen LogP contribution in [0.3, 0.4) is 0 Å². The van der Waals surface area contributed by atoms with E-state index in [0.717, 1.165) is 50.5 Å². The van der Waals surface area contributed by atoms with Gasteiger partial charge in [-0.05, 0) is 148 Å². The number of hydrogen-bond donors (Lipinski definition) is 0. The Hall–Kier alpha value is -9.63. The van der Waals surface area contributed by atoms with E-state index >= 15 is 0 Å². The lowest BCUT2D eigenvalue weighted by atomic mass is 9.70. The lowest BCUT2D eigenvalue weighted by Gasteiger charge is -2.30. The number of aromatic nitrogens is 2. The third kappa shape index (κ3) is 5.74. The highest BCUT2D eigenvalue weighted by molar-refractivity contribution is 6.26. The summed E-state index contributed by atoms with van der Waals surface area (Å²) in [5.74, 6) is 0. The third-order valence-corrected chi connectivity index (χ3v) is 16.4. The maximum absolute atomic E-state index is 5.85. The van der Waals surface area contributed by atoms with Crippen molar-refractivity contribution in [3.8, 4) is 72.7 Å². The second kappa shape index (κ2) is 15.7. The first-order valence-electron chi connectivity index (χ1n) is 25.7. The first-order valence-corrected chi connectivity index (χ1v) is 25.7. The van der Waals surface area contributed by atoms with Gasteiger partial charge in [-0.15, -0.1) is 0 Å². The van der Waals surface area contributed by atoms with Crippen LogP contribution in [0.4, 0.5) is 0 Å². The molecule has 0 amide bonds. The minimum Gasteiger partial charge on any atom is -0.309 e. The van der Waals surface area contributed by atoms with Crippen LogP contribution in [0.15, 0.2) is 267 Å². The lowest BCUT2D eigenvalue weighted by molar-refractivity contribution is 0.794. The Labute approximate surface area is 428 Å². The Kier molecular flexibility index (Phi) is 8.70. The van der Waals surface area contributed by atoms with Gasteiger partial charge in [0.15, 0.2) is 0 Å². The normalized spacial score (nSPS) is 13.0. The summed E-state index contributed by atoms with van der Waals surface area (Å²) in [4.78, 5) is 5.85. The zero-order valence-electron chi connectivity index (χ0n) is 40.3. The van der Waals surface area contributed by atoms with Crippen molar-refractivity contribution in [1.82, 2.24) is 9.55 Å². The lowest BCUT2D eigenvalue weighted by Crippen LogP contribution is -2.25. The van der Waals surface area contributed by atoms with Gasteiger partial charge in [-0.1, -0.05) is 218 Å². The van der Waals surface area contributed by atoms with Gasteiger partial charge < -0.3 is 4.57 Å². The first kappa shape index (κ1) is 41.0. The maximum Gasteiger partial charge on any atom is 0.0725 e. The van der Waals surface area contributed by atoms with Crippen LogP contribution >= 0.6 is 0 Å². The van der Waals surface area contributed by atoms with E-state index < -0.39 is 5.41 Å². The molecule has 2 aliphatic carbocycles. The SMILES string of the molecule is c1ccc(-c2cc(-c3cc(-c4ccc5c6ccccc6c6ccccc6c5c4)cc(-n4c5ccccc5c5ccccc54)c3)nc(-c3cccc4c3-c3ccccc3C43c4ccccc4-c4ccccc43)c2)cc1. The average Bonchev–Trinajstić information content (AvgIpc) is 4.11. The van der Waals surface area contributed by atoms with Crippen LogP contribution in [0.2, 0.25) is 0 Å². The van der Waals surface area contributed by atoms with Gasteiger partial charge in [-0.25, -0.2) is 4.98 Å². The molecule has 2 nitrogen and oxygen atoms in total. The van der Waals surface area contributed by atoms with Gasteiger partial charge >= 0.3 is 0 Å². The standard InChI is InChI=1S/C72H44N2/c1-2-19-45(20-3-1)48-43-67(73-68(44-48)61-30-18-34-66-71(61)60-29-10-15-33-65(60)72(66)63-31-13-8-25-56(63)57-26-9-14-32-64(57)72)49-39-47(40-50(41-49)74-69-35-16-11-27-58(69)59-28-12-17-36-70(59)74)46-37-38-55-53-23-5-4-21-51(53)52-22-6-7-24-54(52)62(55)42-46/h1-44H. The second-order valence-electron chi connectivity index (χ2n) is 20.1. The minimum atomic E-state index is -0.460. The molecule has 1 spiro atoms. The number of rotatable bonds is 5. The molecule has 12 aromatic carbocycles. The molecular weight excluding hydrogens is 893 g/mol. The summed E-state index contributed by atoms with van der Waals surface area (Å²) in [5, 5.41) is 10.0. The quantitative estimate of drug-likeness (QED) is 0.157. The van der Waals surface area contributed by atoms with Crippen molar-refractivity contribution in [3.05, 3.63) is 289 Å². The van der Waals surface area contributed by atoms with Crippen LogP contribution in [0.5, 0.6) is 0 Å². The highest BCUT2D eigenvalue weighted by atomic mass is 15.0. The Morgan fingerprint density at radius 3 is 1.36 bits per heavy atom. The molecule has 0 unspecified atom stereocenters. The molecule has 2 aliphatic rings. The van der Waals surface area contributed by atoms with Gasteiger partial charge in [0.05, 0.1) is 27.8 Å². The fraction of sp³-hybridized carbons (Fsp3) is 0.0139. The molecule has 2 heteroatoms. The Morgan fingerprint density at radius 2 is 0.716 bits per heavy atom. The van der Waals surface area contributed by atoms with E-state index in [4.69, 9.17) is 4.98 Å². The molecule has 2 heterocycles. The number of pyridine rings is 1. The molecule has 0 saturated carbocycles. The average molecular weight is 937 g/mol. The smallest absolute Gasteiger partial charge is 0.0725 e. The summed E-state index contributed by atoms with van der Waals surface area (Å²) in [6, 6.07) is 99.0. The topological polar surface area (TPSA) is 17.8 Å². The maximum atomic E-state index is 5.85. The molecule has 2 aromatic heterocycles. The van der Waals surface area contributed by atoms with Gasteiger partial charge in [-0.2, -0.15) is 0 Å². The molecule has 74 heavy (non-hydrogen) atoms. The summed E-state index contributed by atoms with van der Waals surface area (Å²) in [5.41, 5.74) is 21.9. The van der Waals surface area contributed by atoms with Gasteiger partial charge in [0.2, 0.25) is 0 Å². The summed E-state index contributed by atoms with van der Waals surface area (Å²) in [7, 11) is 0. The fourth-order valence-corrected chi connectivity index (χ4v) is 13.3. The van der Waals surface area contributed by atoms with Crippen molar-refractivity contribution in [2.75, 3.05) is 0 Å². The van der Waals surface area contributed by atoms with Crippen LogP contribution in [0.1, 0.15) is 22.3 Å². The Morgan fingerprint density at radius 1 is 0.257 bits per heavy atom. The van der Waals surface area contributed by atoms with Crippen LogP contribution in [0, 0.1) is 0 Å². The van der Waals surface area contributed by atoms with Crippen molar-refractivity contribution in [3.63, 3.8) is 0 Å². The molecule has 0 bridgehead atoms. The zero-order valence-corrected chi connectivity index (χ0v) is 40.3. The predicted molar refractivity (Wildman–Crippen MR) is 309 cm³/mol. The molecule has 0 fully saturated rings. The van der Waals surface area contributed by atoms with E-state index in [9.17, 15) is 0 Å². The van der Waals surface area contributed by atoms with E-state index in [2.05, 4.69) is 271 Å². The summed E-state index contributed by atoms with van der Waals surface area (Å²) in [6.45, 7) is 0. The molecule has 0 N–H and O–H groups in total. The van der Waals surface area contributed by atoms with E-state index in [1.165, 1.54) is 98.6 Å². The van der Waals surface area contributed by atoms with Crippen molar-refractivity contribution < 1.29 is 0 Å². The molecule has 14 aromatic rings. The summed E-state index contributed by atoms with van der Waals surface area (Å²) < 4.78 is 2.45. The second-order valence-corrected chi connectivity index (χ2v) is 20.1. The van der Waals surface area contributed by atoms with Crippen molar-refractivity contribution in [2.45, 2.75) is 5.41 Å². The summed E-state index contributed by atoms with van der Waals surface area (Å²) >= 11 is 0. The van der Waals surface area contributed by atoms with Crippen LogP contribution in [-0.4, -0.2) is 9.55 Å². The molecule has 16 rings (SSSR count). The van der Waals surface area contributed by atoms with Gasteiger partial charge in [0, 0.05) is 27.6 Å². The van der Waals surface area contributed by atoms with Gasteiger partial charge in [0.1, 0.15) is 0 Å². The van der Waals surface area contributed by atoms with E-state index in [0.29, 0.717) is 0 Å². The Bertz CT molecular complexity index is 4540. The molecule has 0 radical (unpaired) electrons. The predicted octanol–water partition coefficient (Wildman–Crippen LogP) is 18.6. The monoisotopic (exact) mass is 936 g/mol. The molecule has 0 aliphatic heterocycles. The number of hydrogen-bond acceptors (Lipinski definition) is 1. The van der Waals surface area contributed by atoms with Crippen LogP contribution in [-0.2, 0) is 5.41 Å². The molecule has 0 saturated heterocycles. The van der Waals surface area contributed by atoms with Crippen LogP contribution in [0.25, 0.3) is 127 Å². The van der Waals surface area contributed by atoms with Crippen molar-refractivity contribution in [1.29, 1.82) is 0 Å². The minimum absolute atomic E-state index is 0.460. The molecule has 342 valence electrons. The summed E-state index contributed by atoms with van der Waals surface area (Å²) in [6.07, 6.45) is 0. The largest absolute Gasteiger partial charge is 0.309 e. The van der Waals surface area contributed by atoms with Crippen LogP contribution < -0.4 is 0 Å². The molecular formula is C72H44N2. The number of benzene rings is 12. The van der Waals surface area contributed by atoms with Crippen molar-refractivity contribution >= 4 is 54.1 Å². The first-order chi connectivity index (χ1) is 36.7. The highest BCUT2D eigenvalue weighted by Gasteiger charge is 2.52. The zero-order chi connectivity index (χ0) is 48.5. The van der Waals surface area contributed by atoms with E-state index in [1.807, 2.05) is 0 Å². The van der Waals surface area contributed by atoms with Crippen molar-refractivity contribution in [2.24, 2.45) is 0 Å². The van der Waals surface area contributed by atoms with Gasteiger partial charge in [-0.3, -0.25) is 0 Å². The molecule has 0 atom stereocenters.